The van der Waals surface area contributed by atoms with Crippen LogP contribution < -0.4 is 0 Å². The number of nitrogens with zero attached hydrogens (tertiary/aromatic N) is 2. The number of hydrogen-bond donors (Lipinski definition) is 1. The number of aromatic hydroxyl groups is 1. The Labute approximate surface area is 151 Å². The lowest BCUT2D eigenvalue weighted by Gasteiger charge is -2.43. The number of phenols is 1. The number of piperidine rings is 2. The number of carbonyl (C=O) groups excluding carboxylic acids is 1. The van der Waals surface area contributed by atoms with Gasteiger partial charge in [-0.1, -0.05) is 12.1 Å². The Morgan fingerprint density at radius 1 is 1.04 bits per heavy atom. The quantitative estimate of drug-likeness (QED) is 0.908. The normalized spacial score (nSPS) is 27.2. The molecule has 0 saturated carbocycles. The molecule has 3 atom stereocenters. The van der Waals surface area contributed by atoms with E-state index >= 15 is 0 Å². The summed E-state index contributed by atoms with van der Waals surface area (Å²) in [5.74, 6) is 1.17. The van der Waals surface area contributed by atoms with Gasteiger partial charge in [-0.05, 0) is 89.6 Å². The van der Waals surface area contributed by atoms with Gasteiger partial charge in [-0.15, -0.1) is 0 Å². The lowest BCUT2D eigenvalue weighted by atomic mass is 9.88. The van der Waals surface area contributed by atoms with Gasteiger partial charge < -0.3 is 10.0 Å². The van der Waals surface area contributed by atoms with E-state index in [1.165, 1.54) is 12.0 Å². The molecule has 1 N–H and O–H groups in total. The number of likely N-dealkylation sites (tertiary alicyclic amines) is 2. The first kappa shape index (κ1) is 18.2. The van der Waals surface area contributed by atoms with Crippen LogP contribution in [0, 0.1) is 0 Å². The first-order valence-corrected chi connectivity index (χ1v) is 9.82. The fraction of sp³-hybridized carbons (Fsp3) is 0.667. The van der Waals surface area contributed by atoms with Crippen LogP contribution in [0.15, 0.2) is 24.3 Å². The first-order valence-electron chi connectivity index (χ1n) is 9.82. The lowest BCUT2D eigenvalue weighted by Crippen LogP contribution is -2.55. The van der Waals surface area contributed by atoms with Crippen molar-refractivity contribution >= 4 is 5.91 Å². The summed E-state index contributed by atoms with van der Waals surface area (Å²) in [7, 11) is 0. The summed E-state index contributed by atoms with van der Waals surface area (Å²) in [5.41, 5.74) is 1.30. The molecule has 0 bridgehead atoms. The van der Waals surface area contributed by atoms with Crippen LogP contribution >= 0.6 is 0 Å². The summed E-state index contributed by atoms with van der Waals surface area (Å²) in [6, 6.07) is 8.31. The zero-order valence-corrected chi connectivity index (χ0v) is 15.8. The molecular weight excluding hydrogens is 312 g/mol. The van der Waals surface area contributed by atoms with Crippen LogP contribution in [0.5, 0.6) is 5.75 Å². The molecule has 1 aromatic carbocycles. The molecule has 0 aromatic heterocycles. The Morgan fingerprint density at radius 3 is 2.16 bits per heavy atom. The monoisotopic (exact) mass is 344 g/mol. The molecule has 0 radical (unpaired) electrons. The van der Waals surface area contributed by atoms with E-state index < -0.39 is 0 Å². The maximum absolute atomic E-state index is 13.1. The SMILES string of the molecule is CC(C(=O)N1C(C)CCCC1C)N1CCC(c2ccc(O)cc2)CC1. The van der Waals surface area contributed by atoms with Gasteiger partial charge in [0.2, 0.25) is 5.91 Å². The van der Waals surface area contributed by atoms with Gasteiger partial charge in [0.25, 0.3) is 0 Å². The zero-order valence-electron chi connectivity index (χ0n) is 15.8. The highest BCUT2D eigenvalue weighted by atomic mass is 16.3. The minimum Gasteiger partial charge on any atom is -0.508 e. The van der Waals surface area contributed by atoms with Crippen molar-refractivity contribution in [3.8, 4) is 5.75 Å². The Hall–Kier alpha value is -1.55. The van der Waals surface area contributed by atoms with Gasteiger partial charge in [0.1, 0.15) is 5.75 Å². The van der Waals surface area contributed by atoms with Gasteiger partial charge in [0.05, 0.1) is 6.04 Å². The van der Waals surface area contributed by atoms with Crippen molar-refractivity contribution in [2.75, 3.05) is 13.1 Å². The molecule has 0 aliphatic carbocycles. The second-order valence-electron chi connectivity index (χ2n) is 7.95. The highest BCUT2D eigenvalue weighted by Crippen LogP contribution is 2.31. The maximum atomic E-state index is 13.1. The van der Waals surface area contributed by atoms with Gasteiger partial charge in [-0.25, -0.2) is 0 Å². The van der Waals surface area contributed by atoms with Gasteiger partial charge in [0.15, 0.2) is 0 Å². The van der Waals surface area contributed by atoms with Crippen molar-refractivity contribution in [2.24, 2.45) is 0 Å². The van der Waals surface area contributed by atoms with Gasteiger partial charge in [-0.2, -0.15) is 0 Å². The predicted octanol–water partition coefficient (Wildman–Crippen LogP) is 3.75. The third-order valence-corrected chi connectivity index (χ3v) is 6.25. The second-order valence-corrected chi connectivity index (χ2v) is 7.95. The summed E-state index contributed by atoms with van der Waals surface area (Å²) in [6.07, 6.45) is 5.65. The van der Waals surface area contributed by atoms with Crippen molar-refractivity contribution in [3.05, 3.63) is 29.8 Å². The minimum atomic E-state index is -0.0243. The zero-order chi connectivity index (χ0) is 18.0. The number of amides is 1. The fourth-order valence-corrected chi connectivity index (χ4v) is 4.59. The Kier molecular flexibility index (Phi) is 5.67. The van der Waals surface area contributed by atoms with Gasteiger partial charge >= 0.3 is 0 Å². The molecule has 2 aliphatic heterocycles. The summed E-state index contributed by atoms with van der Waals surface area (Å²) >= 11 is 0. The van der Waals surface area contributed by atoms with Crippen LogP contribution in [0.3, 0.4) is 0 Å². The number of rotatable bonds is 3. The summed E-state index contributed by atoms with van der Waals surface area (Å²) in [6.45, 7) is 8.40. The molecule has 2 saturated heterocycles. The Bertz CT molecular complexity index is 568. The molecule has 2 fully saturated rings. The van der Waals surface area contributed by atoms with Crippen molar-refractivity contribution in [1.29, 1.82) is 0 Å². The van der Waals surface area contributed by atoms with E-state index in [1.807, 2.05) is 12.1 Å². The number of phenolic OH excluding ortho intramolecular Hbond substituents is 1. The summed E-state index contributed by atoms with van der Waals surface area (Å²) < 4.78 is 0. The Morgan fingerprint density at radius 2 is 1.60 bits per heavy atom. The average molecular weight is 344 g/mol. The third kappa shape index (κ3) is 4.00. The maximum Gasteiger partial charge on any atom is 0.240 e. The third-order valence-electron chi connectivity index (χ3n) is 6.25. The molecule has 25 heavy (non-hydrogen) atoms. The van der Waals surface area contributed by atoms with Gasteiger partial charge in [-0.3, -0.25) is 9.69 Å². The van der Waals surface area contributed by atoms with Gasteiger partial charge in [0, 0.05) is 12.1 Å². The largest absolute Gasteiger partial charge is 0.508 e. The molecule has 0 spiro atoms. The molecular formula is C21H32N2O2. The highest BCUT2D eigenvalue weighted by Gasteiger charge is 2.35. The lowest BCUT2D eigenvalue weighted by molar-refractivity contribution is -0.143. The van der Waals surface area contributed by atoms with E-state index in [-0.39, 0.29) is 6.04 Å². The van der Waals surface area contributed by atoms with E-state index in [9.17, 15) is 9.90 Å². The van der Waals surface area contributed by atoms with Crippen LogP contribution in [-0.4, -0.2) is 52.0 Å². The van der Waals surface area contributed by atoms with Crippen LogP contribution in [0.1, 0.15) is 64.4 Å². The number of benzene rings is 1. The van der Waals surface area contributed by atoms with E-state index in [0.717, 1.165) is 38.8 Å². The second kappa shape index (κ2) is 7.77. The topological polar surface area (TPSA) is 43.8 Å². The average Bonchev–Trinajstić information content (AvgIpc) is 2.61. The standard InChI is InChI=1S/C21H32N2O2/c1-15-5-4-6-16(2)23(15)21(25)17(3)22-13-11-19(12-14-22)18-7-9-20(24)10-8-18/h7-10,15-17,19,24H,4-6,11-14H2,1-3H3. The van der Waals surface area contributed by atoms with Crippen LogP contribution in [-0.2, 0) is 4.79 Å². The molecule has 138 valence electrons. The molecule has 2 aliphatic rings. The van der Waals surface area contributed by atoms with Crippen molar-refractivity contribution in [2.45, 2.75) is 76.9 Å². The summed E-state index contributed by atoms with van der Waals surface area (Å²) in [5, 5.41) is 9.45. The van der Waals surface area contributed by atoms with Crippen LogP contribution in [0.25, 0.3) is 0 Å². The highest BCUT2D eigenvalue weighted by molar-refractivity contribution is 5.82. The predicted molar refractivity (Wildman–Crippen MR) is 101 cm³/mol. The molecule has 1 amide bonds. The van der Waals surface area contributed by atoms with Crippen molar-refractivity contribution < 1.29 is 9.90 Å². The minimum absolute atomic E-state index is 0.0243. The van der Waals surface area contributed by atoms with E-state index in [4.69, 9.17) is 0 Å². The van der Waals surface area contributed by atoms with E-state index in [1.54, 1.807) is 12.1 Å². The summed E-state index contributed by atoms with van der Waals surface area (Å²) in [4.78, 5) is 17.6. The fourth-order valence-electron chi connectivity index (χ4n) is 4.59. The van der Waals surface area contributed by atoms with Crippen LogP contribution in [0.4, 0.5) is 0 Å². The molecule has 3 rings (SSSR count). The number of hydrogen-bond acceptors (Lipinski definition) is 3. The molecule has 1 aromatic rings. The number of carbonyl (C=O) groups is 1. The smallest absolute Gasteiger partial charge is 0.240 e. The Balaban J connectivity index is 1.58. The van der Waals surface area contributed by atoms with E-state index in [0.29, 0.717) is 29.7 Å². The van der Waals surface area contributed by atoms with Crippen molar-refractivity contribution in [3.63, 3.8) is 0 Å². The first-order chi connectivity index (χ1) is 12.0. The molecule has 4 nitrogen and oxygen atoms in total. The van der Waals surface area contributed by atoms with Crippen LogP contribution in [0.2, 0.25) is 0 Å². The van der Waals surface area contributed by atoms with E-state index in [2.05, 4.69) is 30.6 Å². The molecule has 4 heteroatoms. The molecule has 2 heterocycles. The van der Waals surface area contributed by atoms with Crippen molar-refractivity contribution in [1.82, 2.24) is 9.80 Å². The molecule has 3 unspecified atom stereocenters.